The highest BCUT2D eigenvalue weighted by atomic mass is 32.1. The Morgan fingerprint density at radius 3 is 2.72 bits per heavy atom. The lowest BCUT2D eigenvalue weighted by molar-refractivity contribution is 0.0698. The van der Waals surface area contributed by atoms with Crippen LogP contribution in [0.5, 0.6) is 5.88 Å². The molecular formula is C11H8N2O4S. The van der Waals surface area contributed by atoms with Gasteiger partial charge in [-0.05, 0) is 12.1 Å². The Bertz CT molecular complexity index is 672. The van der Waals surface area contributed by atoms with Gasteiger partial charge in [-0.1, -0.05) is 23.5 Å². The van der Waals surface area contributed by atoms with Crippen LogP contribution in [0.15, 0.2) is 34.1 Å². The van der Waals surface area contributed by atoms with Crippen LogP contribution in [0.25, 0.3) is 0 Å². The summed E-state index contributed by atoms with van der Waals surface area (Å²) in [6, 6.07) is 6.20. The van der Waals surface area contributed by atoms with Gasteiger partial charge < -0.3 is 10.2 Å². The van der Waals surface area contributed by atoms with E-state index in [9.17, 15) is 14.7 Å². The fraction of sp³-hybridized carbons (Fsp3) is 0. The van der Waals surface area contributed by atoms with Crippen LogP contribution in [0.4, 0.5) is 5.69 Å². The summed E-state index contributed by atoms with van der Waals surface area (Å²) in [7, 11) is 0. The van der Waals surface area contributed by atoms with Gasteiger partial charge in [-0.15, -0.1) is 0 Å². The third-order valence-corrected chi connectivity index (χ3v) is 2.92. The minimum atomic E-state index is -1.09. The molecule has 0 aliphatic carbocycles. The van der Waals surface area contributed by atoms with Crippen LogP contribution in [0.2, 0.25) is 0 Å². The predicted octanol–water partition coefficient (Wildman–Crippen LogP) is 1.59. The number of nitrogens with one attached hydrogen (secondary N) is 1. The third-order valence-electron chi connectivity index (χ3n) is 2.11. The van der Waals surface area contributed by atoms with Crippen molar-refractivity contribution in [3.05, 3.63) is 44.4 Å². The number of carboxylic acid groups (broad SMARTS) is 1. The Balaban J connectivity index is 2.37. The van der Waals surface area contributed by atoms with Crippen molar-refractivity contribution >= 4 is 29.2 Å². The summed E-state index contributed by atoms with van der Waals surface area (Å²) in [6.07, 6.45) is 1.25. The van der Waals surface area contributed by atoms with Gasteiger partial charge in [-0.25, -0.2) is 4.79 Å². The Morgan fingerprint density at radius 2 is 2.11 bits per heavy atom. The molecule has 1 aromatic heterocycles. The number of aliphatic imine (C=N–C) groups is 1. The van der Waals surface area contributed by atoms with E-state index >= 15 is 0 Å². The molecule has 2 aromatic rings. The summed E-state index contributed by atoms with van der Waals surface area (Å²) in [6.45, 7) is 0. The normalized spacial score (nSPS) is 10.9. The van der Waals surface area contributed by atoms with E-state index in [4.69, 9.17) is 5.11 Å². The van der Waals surface area contributed by atoms with Crippen LogP contribution in [-0.4, -0.2) is 27.4 Å². The number of hydrogen-bond donors (Lipinski definition) is 3. The van der Waals surface area contributed by atoms with Crippen LogP contribution >= 0.6 is 11.3 Å². The molecule has 1 aromatic carbocycles. The highest BCUT2D eigenvalue weighted by Crippen LogP contribution is 2.20. The molecule has 0 spiro atoms. The van der Waals surface area contributed by atoms with Crippen molar-refractivity contribution in [2.75, 3.05) is 0 Å². The zero-order chi connectivity index (χ0) is 13.1. The molecule has 92 valence electrons. The SMILES string of the molecule is O=C(O)c1ccccc1N=Cc1sc(=O)[nH]c1O. The number of hydrogen-bond acceptors (Lipinski definition) is 5. The van der Waals surface area contributed by atoms with E-state index in [1.54, 1.807) is 12.1 Å². The Morgan fingerprint density at radius 1 is 1.39 bits per heavy atom. The molecule has 0 saturated carbocycles. The van der Waals surface area contributed by atoms with Gasteiger partial charge in [0.1, 0.15) is 4.88 Å². The van der Waals surface area contributed by atoms with E-state index in [-0.39, 0.29) is 22.0 Å². The van der Waals surface area contributed by atoms with Crippen molar-refractivity contribution in [1.82, 2.24) is 4.98 Å². The standard InChI is InChI=1S/C11H8N2O4S/c14-9-8(18-11(17)13-9)5-12-7-4-2-1-3-6(7)10(15)16/h1-5,14H,(H,13,17)(H,15,16). The number of aromatic hydroxyl groups is 1. The Kier molecular flexibility index (Phi) is 3.24. The minimum Gasteiger partial charge on any atom is -0.493 e. The lowest BCUT2D eigenvalue weighted by Crippen LogP contribution is -1.95. The first-order chi connectivity index (χ1) is 8.58. The molecule has 0 unspecified atom stereocenters. The van der Waals surface area contributed by atoms with Gasteiger partial charge >= 0.3 is 10.8 Å². The molecule has 0 aliphatic rings. The molecule has 3 N–H and O–H groups in total. The van der Waals surface area contributed by atoms with Gasteiger partial charge in [0.15, 0.2) is 0 Å². The maximum Gasteiger partial charge on any atom is 0.337 e. The lowest BCUT2D eigenvalue weighted by Gasteiger charge is -1.98. The minimum absolute atomic E-state index is 0.0520. The number of aromatic nitrogens is 1. The topological polar surface area (TPSA) is 103 Å². The van der Waals surface area contributed by atoms with Gasteiger partial charge in [-0.3, -0.25) is 14.8 Å². The molecule has 0 aliphatic heterocycles. The molecule has 0 saturated heterocycles. The molecule has 0 atom stereocenters. The van der Waals surface area contributed by atoms with Gasteiger partial charge in [0.25, 0.3) is 0 Å². The zero-order valence-electron chi connectivity index (χ0n) is 8.95. The number of H-pyrrole nitrogens is 1. The number of carbonyl (C=O) groups is 1. The smallest absolute Gasteiger partial charge is 0.337 e. The Hall–Kier alpha value is -2.41. The number of thiazole rings is 1. The molecule has 18 heavy (non-hydrogen) atoms. The van der Waals surface area contributed by atoms with Crippen LogP contribution in [0, 0.1) is 0 Å². The quantitative estimate of drug-likeness (QED) is 0.732. The first-order valence-electron chi connectivity index (χ1n) is 4.86. The second-order valence-electron chi connectivity index (χ2n) is 3.31. The average Bonchev–Trinajstić information content (AvgIpc) is 2.65. The molecule has 0 amide bonds. The molecule has 6 nitrogen and oxygen atoms in total. The maximum absolute atomic E-state index is 10.9. The van der Waals surface area contributed by atoms with Crippen molar-refractivity contribution in [3.63, 3.8) is 0 Å². The summed E-state index contributed by atoms with van der Waals surface area (Å²) in [4.78, 5) is 27.9. The van der Waals surface area contributed by atoms with Crippen molar-refractivity contribution in [1.29, 1.82) is 0 Å². The highest BCUT2D eigenvalue weighted by Gasteiger charge is 2.08. The van der Waals surface area contributed by atoms with Crippen LogP contribution in [0.1, 0.15) is 15.2 Å². The summed E-state index contributed by atoms with van der Waals surface area (Å²) >= 11 is 0.790. The molecule has 0 radical (unpaired) electrons. The Labute approximate surface area is 105 Å². The number of para-hydroxylation sites is 1. The van der Waals surface area contributed by atoms with Crippen molar-refractivity contribution in [3.8, 4) is 5.88 Å². The van der Waals surface area contributed by atoms with E-state index in [2.05, 4.69) is 9.98 Å². The molecule has 1 heterocycles. The molecular weight excluding hydrogens is 256 g/mol. The van der Waals surface area contributed by atoms with E-state index in [1.165, 1.54) is 18.3 Å². The first kappa shape index (κ1) is 12.1. The van der Waals surface area contributed by atoms with Crippen molar-refractivity contribution < 1.29 is 15.0 Å². The maximum atomic E-state index is 10.9. The summed E-state index contributed by atoms with van der Waals surface area (Å²) in [5.74, 6) is -1.37. The van der Waals surface area contributed by atoms with E-state index in [0.717, 1.165) is 11.3 Å². The van der Waals surface area contributed by atoms with Gasteiger partial charge in [0.05, 0.1) is 17.5 Å². The largest absolute Gasteiger partial charge is 0.493 e. The van der Waals surface area contributed by atoms with Gasteiger partial charge in [0.2, 0.25) is 5.88 Å². The third kappa shape index (κ3) is 2.46. The monoisotopic (exact) mass is 264 g/mol. The van der Waals surface area contributed by atoms with E-state index in [0.29, 0.717) is 0 Å². The fourth-order valence-corrected chi connectivity index (χ4v) is 1.92. The number of carboxylic acids is 1. The van der Waals surface area contributed by atoms with Gasteiger partial charge in [-0.2, -0.15) is 0 Å². The van der Waals surface area contributed by atoms with E-state index < -0.39 is 10.8 Å². The van der Waals surface area contributed by atoms with Crippen LogP contribution in [0.3, 0.4) is 0 Å². The number of nitrogens with zero attached hydrogens (tertiary/aromatic N) is 1. The van der Waals surface area contributed by atoms with Crippen LogP contribution < -0.4 is 4.87 Å². The molecule has 0 fully saturated rings. The summed E-state index contributed by atoms with van der Waals surface area (Å²) in [5, 5.41) is 18.3. The van der Waals surface area contributed by atoms with Crippen molar-refractivity contribution in [2.24, 2.45) is 4.99 Å². The second kappa shape index (κ2) is 4.84. The highest BCUT2D eigenvalue weighted by molar-refractivity contribution is 7.11. The van der Waals surface area contributed by atoms with Gasteiger partial charge in [0, 0.05) is 0 Å². The number of aromatic amines is 1. The molecule has 7 heteroatoms. The summed E-state index contributed by atoms with van der Waals surface area (Å²) in [5.41, 5.74) is 0.307. The molecule has 2 rings (SSSR count). The fourth-order valence-electron chi connectivity index (χ4n) is 1.31. The first-order valence-corrected chi connectivity index (χ1v) is 5.68. The average molecular weight is 264 g/mol. The number of rotatable bonds is 3. The summed E-state index contributed by atoms with van der Waals surface area (Å²) < 4.78 is 0. The second-order valence-corrected chi connectivity index (χ2v) is 4.32. The lowest BCUT2D eigenvalue weighted by atomic mass is 10.2. The van der Waals surface area contributed by atoms with Crippen LogP contribution in [-0.2, 0) is 0 Å². The molecule has 0 bridgehead atoms. The number of benzene rings is 1. The zero-order valence-corrected chi connectivity index (χ0v) is 9.77. The van der Waals surface area contributed by atoms with Crippen molar-refractivity contribution in [2.45, 2.75) is 0 Å². The number of aromatic carboxylic acids is 1. The predicted molar refractivity (Wildman–Crippen MR) is 67.3 cm³/mol. The van der Waals surface area contributed by atoms with E-state index in [1.807, 2.05) is 0 Å².